The maximum atomic E-state index is 11.6. The molecule has 4 N–H and O–H groups in total. The summed E-state index contributed by atoms with van der Waals surface area (Å²) in [6, 6.07) is 24.9. The number of amides is 1. The van der Waals surface area contributed by atoms with E-state index < -0.39 is 0 Å². The normalized spacial score (nSPS) is 13.5. The molecule has 5 rings (SSSR count). The van der Waals surface area contributed by atoms with Crippen molar-refractivity contribution in [1.29, 1.82) is 0 Å². The molecule has 0 unspecified atom stereocenters. The van der Waals surface area contributed by atoms with E-state index >= 15 is 0 Å². The third-order valence-electron chi connectivity index (χ3n) is 6.16. The summed E-state index contributed by atoms with van der Waals surface area (Å²) in [6.45, 7) is 3.95. The molecule has 1 aromatic heterocycles. The fraction of sp³-hybridized carbons (Fsp3) is 0.214. The molecule has 4 aromatic rings. The van der Waals surface area contributed by atoms with Crippen LogP contribution >= 0.6 is 0 Å². The lowest BCUT2D eigenvalue weighted by Gasteiger charge is -2.28. The minimum atomic E-state index is -0.389. The molecule has 0 bridgehead atoms. The zero-order valence-electron chi connectivity index (χ0n) is 19.5. The van der Waals surface area contributed by atoms with Gasteiger partial charge in [-0.1, -0.05) is 36.4 Å². The summed E-state index contributed by atoms with van der Waals surface area (Å²) >= 11 is 0. The van der Waals surface area contributed by atoms with E-state index in [2.05, 4.69) is 63.0 Å². The highest BCUT2D eigenvalue weighted by Crippen LogP contribution is 2.25. The lowest BCUT2D eigenvalue weighted by Crippen LogP contribution is -2.36. The fourth-order valence-corrected chi connectivity index (χ4v) is 4.32. The summed E-state index contributed by atoms with van der Waals surface area (Å²) in [5.74, 6) is 0.304. The van der Waals surface area contributed by atoms with E-state index in [9.17, 15) is 4.79 Å². The molecule has 0 aliphatic carbocycles. The number of pyridine rings is 1. The number of hydrogen-bond donors (Lipinski definition) is 3. The smallest absolute Gasteiger partial charge is 0.221 e. The lowest BCUT2D eigenvalue weighted by molar-refractivity contribution is -0.117. The lowest BCUT2D eigenvalue weighted by atomic mass is 10.1. The Morgan fingerprint density at radius 2 is 1.74 bits per heavy atom. The number of nitrogens with zero attached hydrogens (tertiary/aromatic N) is 2. The Kier molecular flexibility index (Phi) is 6.77. The van der Waals surface area contributed by atoms with Gasteiger partial charge in [0.25, 0.3) is 0 Å². The van der Waals surface area contributed by atoms with Crippen LogP contribution in [0.4, 0.5) is 22.9 Å². The molecule has 1 aliphatic heterocycles. The number of ether oxygens (including phenoxy) is 1. The molecule has 0 saturated carbocycles. The zero-order valence-corrected chi connectivity index (χ0v) is 19.5. The van der Waals surface area contributed by atoms with Crippen molar-refractivity contribution in [2.24, 2.45) is 5.73 Å². The van der Waals surface area contributed by atoms with Crippen LogP contribution in [0.2, 0.25) is 0 Å². The minimum Gasteiger partial charge on any atom is -0.381 e. The first-order valence-corrected chi connectivity index (χ1v) is 11.8. The van der Waals surface area contributed by atoms with Crippen molar-refractivity contribution in [3.05, 3.63) is 90.1 Å². The van der Waals surface area contributed by atoms with E-state index in [-0.39, 0.29) is 12.3 Å². The largest absolute Gasteiger partial charge is 0.381 e. The van der Waals surface area contributed by atoms with Gasteiger partial charge in [0.05, 0.1) is 19.6 Å². The quantitative estimate of drug-likeness (QED) is 0.354. The molecule has 3 aromatic carbocycles. The first-order valence-electron chi connectivity index (χ1n) is 11.8. The van der Waals surface area contributed by atoms with Gasteiger partial charge in [-0.05, 0) is 46.7 Å². The van der Waals surface area contributed by atoms with E-state index in [0.717, 1.165) is 48.8 Å². The third-order valence-corrected chi connectivity index (χ3v) is 6.16. The Labute approximate surface area is 204 Å². The molecule has 1 fully saturated rings. The van der Waals surface area contributed by atoms with E-state index in [4.69, 9.17) is 10.5 Å². The standard InChI is InChI=1S/C28H29N5O2/c29-27(34)16-23-19-31-28(32-24-7-9-25(10-8-24)33-11-13-35-14-12-33)17-26(23)30-18-20-5-6-21-3-1-2-4-22(21)15-20/h1-10,15,17,19H,11-14,16,18H2,(H2,29,34)(H2,30,31,32). The molecule has 7 heteroatoms. The molecule has 2 heterocycles. The Morgan fingerprint density at radius 1 is 0.971 bits per heavy atom. The van der Waals surface area contributed by atoms with Crippen LogP contribution in [0.1, 0.15) is 11.1 Å². The topological polar surface area (TPSA) is 92.5 Å². The van der Waals surface area contributed by atoms with Gasteiger partial charge in [-0.2, -0.15) is 0 Å². The number of hydrogen-bond acceptors (Lipinski definition) is 6. The van der Waals surface area contributed by atoms with Crippen molar-refractivity contribution in [2.75, 3.05) is 41.8 Å². The Balaban J connectivity index is 1.31. The second-order valence-electron chi connectivity index (χ2n) is 8.68. The summed E-state index contributed by atoms with van der Waals surface area (Å²) in [7, 11) is 0. The highest BCUT2D eigenvalue weighted by atomic mass is 16.5. The summed E-state index contributed by atoms with van der Waals surface area (Å²) < 4.78 is 5.44. The first-order chi connectivity index (χ1) is 17.1. The van der Waals surface area contributed by atoms with E-state index in [0.29, 0.717) is 12.4 Å². The Bertz CT molecular complexity index is 1320. The first kappa shape index (κ1) is 22.7. The molecule has 0 atom stereocenters. The second kappa shape index (κ2) is 10.4. The number of aromatic nitrogens is 1. The average molecular weight is 468 g/mol. The number of rotatable bonds is 8. The van der Waals surface area contributed by atoms with Crippen LogP contribution in [0.15, 0.2) is 79.0 Å². The van der Waals surface area contributed by atoms with Crippen LogP contribution in [-0.4, -0.2) is 37.2 Å². The van der Waals surface area contributed by atoms with Gasteiger partial charge in [0.15, 0.2) is 0 Å². The van der Waals surface area contributed by atoms with Crippen LogP contribution in [-0.2, 0) is 22.5 Å². The molecule has 1 aliphatic rings. The molecule has 1 saturated heterocycles. The predicted molar refractivity (Wildman–Crippen MR) is 141 cm³/mol. The molecule has 178 valence electrons. The number of morpholine rings is 1. The summed E-state index contributed by atoms with van der Waals surface area (Å²) in [4.78, 5) is 18.4. The average Bonchev–Trinajstić information content (AvgIpc) is 2.89. The summed E-state index contributed by atoms with van der Waals surface area (Å²) in [6.07, 6.45) is 1.83. The molecule has 0 radical (unpaired) electrons. The molecule has 1 amide bonds. The van der Waals surface area contributed by atoms with Crippen LogP contribution in [0.5, 0.6) is 0 Å². The SMILES string of the molecule is NC(=O)Cc1cnc(Nc2ccc(N3CCOCC3)cc2)cc1NCc1ccc2ccccc2c1. The monoisotopic (exact) mass is 467 g/mol. The third kappa shape index (κ3) is 5.70. The molecular formula is C28H29N5O2. The number of primary amides is 1. The van der Waals surface area contributed by atoms with Gasteiger partial charge in [0, 0.05) is 54.5 Å². The maximum absolute atomic E-state index is 11.6. The van der Waals surface area contributed by atoms with Crippen molar-refractivity contribution in [2.45, 2.75) is 13.0 Å². The number of nitrogens with one attached hydrogen (secondary N) is 2. The number of anilines is 4. The Morgan fingerprint density at radius 3 is 2.51 bits per heavy atom. The van der Waals surface area contributed by atoms with Crippen molar-refractivity contribution in [3.8, 4) is 0 Å². The van der Waals surface area contributed by atoms with Crippen molar-refractivity contribution in [1.82, 2.24) is 4.98 Å². The Hall–Kier alpha value is -4.10. The summed E-state index contributed by atoms with van der Waals surface area (Å²) in [5, 5.41) is 9.24. The van der Waals surface area contributed by atoms with Gasteiger partial charge >= 0.3 is 0 Å². The van der Waals surface area contributed by atoms with Crippen LogP contribution in [0, 0.1) is 0 Å². The van der Waals surface area contributed by atoms with Gasteiger partial charge in [0.2, 0.25) is 5.91 Å². The van der Waals surface area contributed by atoms with Crippen molar-refractivity contribution < 1.29 is 9.53 Å². The maximum Gasteiger partial charge on any atom is 0.221 e. The van der Waals surface area contributed by atoms with Crippen LogP contribution in [0.25, 0.3) is 10.8 Å². The molecular weight excluding hydrogens is 438 g/mol. The highest BCUT2D eigenvalue weighted by Gasteiger charge is 2.12. The minimum absolute atomic E-state index is 0.127. The van der Waals surface area contributed by atoms with Gasteiger partial charge in [-0.25, -0.2) is 4.98 Å². The number of carbonyl (C=O) groups excluding carboxylic acids is 1. The molecule has 0 spiro atoms. The van der Waals surface area contributed by atoms with Crippen LogP contribution < -0.4 is 21.3 Å². The number of nitrogens with two attached hydrogens (primary N) is 1. The predicted octanol–water partition coefficient (Wildman–Crippen LogP) is 4.45. The molecule has 35 heavy (non-hydrogen) atoms. The second-order valence-corrected chi connectivity index (χ2v) is 8.68. The van der Waals surface area contributed by atoms with Crippen molar-refractivity contribution in [3.63, 3.8) is 0 Å². The zero-order chi connectivity index (χ0) is 24.0. The van der Waals surface area contributed by atoms with E-state index in [1.165, 1.54) is 16.5 Å². The van der Waals surface area contributed by atoms with Crippen LogP contribution in [0.3, 0.4) is 0 Å². The highest BCUT2D eigenvalue weighted by molar-refractivity contribution is 5.83. The molecule has 7 nitrogen and oxygen atoms in total. The van der Waals surface area contributed by atoms with Crippen molar-refractivity contribution >= 4 is 39.6 Å². The van der Waals surface area contributed by atoms with Gasteiger partial charge in [-0.15, -0.1) is 0 Å². The van der Waals surface area contributed by atoms with E-state index in [1.54, 1.807) is 6.20 Å². The van der Waals surface area contributed by atoms with Gasteiger partial charge < -0.3 is 26.0 Å². The summed E-state index contributed by atoms with van der Waals surface area (Å²) in [5.41, 5.74) is 10.4. The number of carbonyl (C=O) groups is 1. The van der Waals surface area contributed by atoms with Gasteiger partial charge in [0.1, 0.15) is 5.82 Å². The fourth-order valence-electron chi connectivity index (χ4n) is 4.32. The number of fused-ring (bicyclic) bond motifs is 1. The van der Waals surface area contributed by atoms with Gasteiger partial charge in [-0.3, -0.25) is 4.79 Å². The van der Waals surface area contributed by atoms with E-state index in [1.807, 2.05) is 30.3 Å². The number of benzene rings is 3.